The van der Waals surface area contributed by atoms with Crippen LogP contribution in [-0.2, 0) is 20.4 Å². The van der Waals surface area contributed by atoms with Gasteiger partial charge in [0.1, 0.15) is 15.9 Å². The number of benzene rings is 5. The minimum absolute atomic E-state index is 0. The summed E-state index contributed by atoms with van der Waals surface area (Å²) in [6, 6.07) is 46.0. The number of isothiocyanates is 1. The molecule has 0 bridgehead atoms. The standard InChI is InChI=1S/C18H20N2O2.C18H15P.CNS.Re/c1-18(2,20-12-15-8-4-6-10-17(15)22)13-19-11-14-7-3-5-9-16(14)21;1-4-10-16(11-5-1)19(17-12-6-2-7-13-17)18-14-8-3-9-15-18;2-1-3;/h3-12,21-22H,13H2,1-2H3;1-15H;;/q;;-1;/p-1. The molecular weight excluding hydrogens is 768 g/mol. The fraction of sp³-hybridized carbons (Fsp3) is 0.108. The summed E-state index contributed by atoms with van der Waals surface area (Å²) in [4.78, 5) is 8.72. The van der Waals surface area contributed by atoms with Crippen LogP contribution in [0.5, 0.6) is 11.5 Å². The third-order valence-electron chi connectivity index (χ3n) is 6.29. The summed E-state index contributed by atoms with van der Waals surface area (Å²) in [6.07, 6.45) is 3.15. The molecule has 0 saturated carbocycles. The van der Waals surface area contributed by atoms with Gasteiger partial charge >= 0.3 is 0 Å². The Morgan fingerprint density at radius 1 is 0.644 bits per heavy atom. The van der Waals surface area contributed by atoms with E-state index in [1.807, 2.05) is 13.8 Å². The number of nitrogens with zero attached hydrogens (tertiary/aromatic N) is 3. The van der Waals surface area contributed by atoms with Crippen LogP contribution in [-0.4, -0.2) is 29.7 Å². The SMILES string of the molecule is CC(C)(CN=Cc1ccccc1[O-])N=Cc1ccccc1[O-].[N-]=C=S.[Re].c1ccc([PH+](c2ccccc2)c2ccccc2)cc1. The molecule has 0 heterocycles. The molecule has 8 heteroatoms. The molecule has 5 aromatic rings. The van der Waals surface area contributed by atoms with E-state index in [2.05, 4.69) is 113 Å². The first-order chi connectivity index (χ1) is 21.3. The molecule has 0 fully saturated rings. The molecule has 0 aliphatic heterocycles. The molecule has 0 saturated heterocycles. The van der Waals surface area contributed by atoms with Gasteiger partial charge in [0.15, 0.2) is 0 Å². The number of hydrogen-bond acceptors (Lipinski definition) is 5. The van der Waals surface area contributed by atoms with E-state index in [1.165, 1.54) is 33.2 Å². The fourth-order valence-corrected chi connectivity index (χ4v) is 6.72. The number of rotatable bonds is 8. The van der Waals surface area contributed by atoms with Gasteiger partial charge in [0, 0.05) is 32.9 Å². The van der Waals surface area contributed by atoms with Crippen LogP contribution in [0.2, 0.25) is 0 Å². The van der Waals surface area contributed by atoms with Crippen molar-refractivity contribution in [1.82, 2.24) is 0 Å². The summed E-state index contributed by atoms with van der Waals surface area (Å²) in [5, 5.41) is 36.0. The van der Waals surface area contributed by atoms with Gasteiger partial charge in [-0.2, -0.15) is 5.16 Å². The zero-order valence-corrected chi connectivity index (χ0v) is 29.6. The van der Waals surface area contributed by atoms with Gasteiger partial charge in [0.25, 0.3) is 0 Å². The van der Waals surface area contributed by atoms with Crippen LogP contribution in [0.15, 0.2) is 150 Å². The molecule has 0 aromatic heterocycles. The summed E-state index contributed by atoms with van der Waals surface area (Å²) < 4.78 is 0. The summed E-state index contributed by atoms with van der Waals surface area (Å²) in [7, 11) is -0.877. The number of hydrogen-bond donors (Lipinski definition) is 0. The van der Waals surface area contributed by atoms with Crippen molar-refractivity contribution in [2.24, 2.45) is 9.98 Å². The van der Waals surface area contributed by atoms with Crippen LogP contribution in [0.25, 0.3) is 5.41 Å². The van der Waals surface area contributed by atoms with Crippen molar-refractivity contribution in [3.63, 3.8) is 0 Å². The summed E-state index contributed by atoms with van der Waals surface area (Å²) in [6.45, 7) is 4.29. The molecule has 0 aliphatic rings. The van der Waals surface area contributed by atoms with Gasteiger partial charge in [-0.25, -0.2) is 0 Å². The first kappa shape index (κ1) is 37.1. The van der Waals surface area contributed by atoms with Crippen LogP contribution >= 0.6 is 20.1 Å². The Hall–Kier alpha value is -4.07. The predicted octanol–water partition coefficient (Wildman–Crippen LogP) is 5.98. The van der Waals surface area contributed by atoms with Crippen molar-refractivity contribution in [3.05, 3.63) is 156 Å². The normalized spacial score (nSPS) is 10.6. The summed E-state index contributed by atoms with van der Waals surface area (Å²) >= 11 is 3.70. The van der Waals surface area contributed by atoms with E-state index >= 15 is 0 Å². The van der Waals surface area contributed by atoms with Crippen molar-refractivity contribution in [2.75, 3.05) is 6.54 Å². The van der Waals surface area contributed by atoms with Gasteiger partial charge < -0.3 is 15.6 Å². The van der Waals surface area contributed by atoms with Crippen molar-refractivity contribution in [1.29, 1.82) is 0 Å². The Bertz CT molecular complexity index is 1570. The number of thiocarbonyl (C=S) groups is 1. The maximum absolute atomic E-state index is 11.6. The fourth-order valence-electron chi connectivity index (χ4n) is 4.14. The Balaban J connectivity index is 0.000000284. The molecular formula is C37H34N3O2PReS-2. The molecule has 229 valence electrons. The van der Waals surface area contributed by atoms with E-state index in [1.54, 1.807) is 48.8 Å². The first-order valence-corrected chi connectivity index (χ1v) is 15.9. The van der Waals surface area contributed by atoms with Crippen LogP contribution in [0, 0.1) is 0 Å². The van der Waals surface area contributed by atoms with Crippen LogP contribution in [0.4, 0.5) is 0 Å². The van der Waals surface area contributed by atoms with Gasteiger partial charge in [0.05, 0.1) is 20.0 Å². The molecule has 5 aromatic carbocycles. The summed E-state index contributed by atoms with van der Waals surface area (Å²) in [5.41, 5.74) is 0.674. The van der Waals surface area contributed by atoms with E-state index in [4.69, 9.17) is 5.41 Å². The maximum Gasteiger partial charge on any atom is 0.102 e. The Labute approximate surface area is 286 Å². The van der Waals surface area contributed by atoms with E-state index in [0.717, 1.165) is 0 Å². The second-order valence-corrected chi connectivity index (χ2v) is 12.8. The molecule has 5 rings (SSSR count). The molecule has 0 atom stereocenters. The van der Waals surface area contributed by atoms with Crippen molar-refractivity contribution in [2.45, 2.75) is 19.4 Å². The molecule has 0 amide bonds. The Morgan fingerprint density at radius 2 is 0.978 bits per heavy atom. The smallest absolute Gasteiger partial charge is 0.102 e. The average Bonchev–Trinajstić information content (AvgIpc) is 3.04. The van der Waals surface area contributed by atoms with Crippen molar-refractivity contribution < 1.29 is 30.6 Å². The molecule has 1 radical (unpaired) electrons. The van der Waals surface area contributed by atoms with Gasteiger partial charge in [-0.1, -0.05) is 115 Å². The Kier molecular flexibility index (Phi) is 16.5. The quantitative estimate of drug-likeness (QED) is 0.110. The predicted molar refractivity (Wildman–Crippen MR) is 188 cm³/mol. The van der Waals surface area contributed by atoms with Crippen molar-refractivity contribution >= 4 is 53.6 Å². The minimum Gasteiger partial charge on any atom is -0.872 e. The van der Waals surface area contributed by atoms with Crippen LogP contribution < -0.4 is 26.1 Å². The number of aliphatic imine (C=N–C) groups is 2. The second kappa shape index (κ2) is 20.1. The monoisotopic (exact) mass is 802 g/mol. The molecule has 0 N–H and O–H groups in total. The third kappa shape index (κ3) is 12.8. The Morgan fingerprint density at radius 3 is 1.36 bits per heavy atom. The van der Waals surface area contributed by atoms with Gasteiger partial charge in [-0.3, -0.25) is 9.98 Å². The first-order valence-electron chi connectivity index (χ1n) is 14.0. The third-order valence-corrected chi connectivity index (χ3v) is 9.02. The maximum atomic E-state index is 11.6. The van der Waals surface area contributed by atoms with E-state index in [0.29, 0.717) is 17.7 Å². The van der Waals surface area contributed by atoms with Crippen LogP contribution in [0.1, 0.15) is 25.0 Å². The molecule has 5 nitrogen and oxygen atoms in total. The molecule has 0 spiro atoms. The second-order valence-electron chi connectivity index (χ2n) is 10.2. The zero-order chi connectivity index (χ0) is 31.6. The van der Waals surface area contributed by atoms with Crippen LogP contribution in [0.3, 0.4) is 0 Å². The van der Waals surface area contributed by atoms with Crippen molar-refractivity contribution in [3.8, 4) is 11.5 Å². The van der Waals surface area contributed by atoms with E-state index < -0.39 is 13.5 Å². The topological polar surface area (TPSA) is 93.1 Å². The minimum atomic E-state index is -0.877. The van der Waals surface area contributed by atoms with Gasteiger partial charge in [-0.05, 0) is 61.4 Å². The molecule has 0 aliphatic carbocycles. The van der Waals surface area contributed by atoms with Gasteiger partial charge in [0.2, 0.25) is 0 Å². The molecule has 0 unspecified atom stereocenters. The largest absolute Gasteiger partial charge is 0.872 e. The number of para-hydroxylation sites is 2. The van der Waals surface area contributed by atoms with Gasteiger partial charge in [-0.15, -0.1) is 11.5 Å². The average molecular weight is 802 g/mol. The van der Waals surface area contributed by atoms with E-state index in [9.17, 15) is 10.2 Å². The zero-order valence-electron chi connectivity index (χ0n) is 25.1. The van der Waals surface area contributed by atoms with E-state index in [-0.39, 0.29) is 31.9 Å². The summed E-state index contributed by atoms with van der Waals surface area (Å²) in [5.74, 6) is -0.0985. The molecule has 45 heavy (non-hydrogen) atoms.